The smallest absolute Gasteiger partial charge is 0.335 e. The zero-order valence-electron chi connectivity index (χ0n) is 11.9. The Labute approximate surface area is 124 Å². The first-order chi connectivity index (χ1) is 9.87. The van der Waals surface area contributed by atoms with Crippen LogP contribution in [0.1, 0.15) is 29.6 Å². The molecule has 0 spiro atoms. The number of carbonyl (C=O) groups is 1. The molecule has 1 unspecified atom stereocenters. The van der Waals surface area contributed by atoms with Crippen LogP contribution in [0.3, 0.4) is 0 Å². The fourth-order valence-corrected chi connectivity index (χ4v) is 2.92. The van der Waals surface area contributed by atoms with E-state index in [1.54, 1.807) is 24.3 Å². The first-order valence-corrected chi connectivity index (χ1v) is 8.63. The Kier molecular flexibility index (Phi) is 4.84. The predicted molar refractivity (Wildman–Crippen MR) is 79.2 cm³/mol. The largest absolute Gasteiger partial charge is 0.478 e. The molecule has 1 heterocycles. The number of piperidine rings is 1. The van der Waals surface area contributed by atoms with Crippen molar-refractivity contribution in [3.8, 4) is 0 Å². The lowest BCUT2D eigenvalue weighted by atomic mass is 10.0. The van der Waals surface area contributed by atoms with Crippen LogP contribution in [0.15, 0.2) is 24.3 Å². The third kappa shape index (κ3) is 4.44. The highest BCUT2D eigenvalue weighted by Gasteiger charge is 2.24. The van der Waals surface area contributed by atoms with Gasteiger partial charge in [-0.2, -0.15) is 8.42 Å². The summed E-state index contributed by atoms with van der Waals surface area (Å²) < 4.78 is 27.2. The number of aromatic carboxylic acids is 1. The van der Waals surface area contributed by atoms with Crippen LogP contribution in [0.5, 0.6) is 0 Å². The predicted octanol–water partition coefficient (Wildman–Crippen LogP) is 1.72. The number of benzene rings is 1. The number of hydrogen-bond acceptors (Lipinski definition) is 5. The molecule has 21 heavy (non-hydrogen) atoms. The number of carboxylic acid groups (broad SMARTS) is 1. The van der Waals surface area contributed by atoms with E-state index in [-0.39, 0.29) is 18.2 Å². The van der Waals surface area contributed by atoms with Gasteiger partial charge in [0.1, 0.15) is 0 Å². The summed E-state index contributed by atoms with van der Waals surface area (Å²) >= 11 is 0. The highest BCUT2D eigenvalue weighted by atomic mass is 32.2. The summed E-state index contributed by atoms with van der Waals surface area (Å²) in [5, 5.41) is 8.91. The summed E-state index contributed by atoms with van der Waals surface area (Å²) in [4.78, 5) is 12.9. The highest BCUT2D eigenvalue weighted by molar-refractivity contribution is 7.85. The van der Waals surface area contributed by atoms with Crippen molar-refractivity contribution in [3.05, 3.63) is 29.8 Å². The summed E-state index contributed by atoms with van der Waals surface area (Å²) in [6, 6.07) is 6.61. The molecule has 1 N–H and O–H groups in total. The van der Waals surface area contributed by atoms with Crippen molar-refractivity contribution in [1.82, 2.24) is 0 Å². The third-order valence-corrected chi connectivity index (χ3v) is 4.11. The van der Waals surface area contributed by atoms with E-state index in [2.05, 4.69) is 4.90 Å². The van der Waals surface area contributed by atoms with E-state index in [0.717, 1.165) is 37.8 Å². The van der Waals surface area contributed by atoms with E-state index < -0.39 is 16.1 Å². The molecule has 0 saturated carbocycles. The SMILES string of the molecule is CS(=O)(=O)OCC1CCCCN1c1ccc(C(=O)O)cc1. The molecule has 0 aromatic heterocycles. The maximum absolute atomic E-state index is 11.1. The van der Waals surface area contributed by atoms with Gasteiger partial charge < -0.3 is 10.0 Å². The normalized spacial score (nSPS) is 19.5. The summed E-state index contributed by atoms with van der Waals surface area (Å²) in [6.45, 7) is 0.934. The van der Waals surface area contributed by atoms with Gasteiger partial charge in [-0.3, -0.25) is 4.18 Å². The molecule has 1 atom stereocenters. The van der Waals surface area contributed by atoms with E-state index >= 15 is 0 Å². The maximum Gasteiger partial charge on any atom is 0.335 e. The Hall–Kier alpha value is -1.60. The average Bonchev–Trinajstić information content (AvgIpc) is 2.45. The number of carboxylic acids is 1. The fourth-order valence-electron chi connectivity index (χ4n) is 2.51. The molecule has 1 aliphatic rings. The molecule has 1 aromatic carbocycles. The highest BCUT2D eigenvalue weighted by Crippen LogP contribution is 2.25. The minimum atomic E-state index is -3.45. The second-order valence-electron chi connectivity index (χ2n) is 5.18. The lowest BCUT2D eigenvalue weighted by molar-refractivity contribution is 0.0697. The standard InChI is InChI=1S/C14H19NO5S/c1-21(18,19)20-10-13-4-2-3-9-15(13)12-7-5-11(6-8-12)14(16)17/h5-8,13H,2-4,9-10H2,1H3,(H,16,17). The molecule has 7 heteroatoms. The van der Waals surface area contributed by atoms with E-state index in [9.17, 15) is 13.2 Å². The molecule has 1 saturated heterocycles. The lowest BCUT2D eigenvalue weighted by Crippen LogP contribution is -2.42. The average molecular weight is 313 g/mol. The number of anilines is 1. The lowest BCUT2D eigenvalue weighted by Gasteiger charge is -2.37. The molecular weight excluding hydrogens is 294 g/mol. The quantitative estimate of drug-likeness (QED) is 0.833. The molecule has 6 nitrogen and oxygen atoms in total. The van der Waals surface area contributed by atoms with Crippen molar-refractivity contribution >= 4 is 21.8 Å². The van der Waals surface area contributed by atoms with Crippen LogP contribution in [-0.2, 0) is 14.3 Å². The van der Waals surface area contributed by atoms with Gasteiger partial charge in [0, 0.05) is 12.2 Å². The third-order valence-electron chi connectivity index (χ3n) is 3.55. The van der Waals surface area contributed by atoms with E-state index in [4.69, 9.17) is 9.29 Å². The minimum Gasteiger partial charge on any atom is -0.478 e. The van der Waals surface area contributed by atoms with Crippen molar-refractivity contribution in [1.29, 1.82) is 0 Å². The molecule has 1 aliphatic heterocycles. The van der Waals surface area contributed by atoms with Gasteiger partial charge in [0.05, 0.1) is 24.5 Å². The van der Waals surface area contributed by atoms with Gasteiger partial charge in [-0.1, -0.05) is 0 Å². The van der Waals surface area contributed by atoms with Crippen LogP contribution in [0, 0.1) is 0 Å². The molecule has 1 fully saturated rings. The van der Waals surface area contributed by atoms with Crippen molar-refractivity contribution in [2.45, 2.75) is 25.3 Å². The number of hydrogen-bond donors (Lipinski definition) is 1. The Balaban J connectivity index is 2.12. The van der Waals surface area contributed by atoms with Gasteiger partial charge >= 0.3 is 5.97 Å². The van der Waals surface area contributed by atoms with E-state index in [1.807, 2.05) is 0 Å². The van der Waals surface area contributed by atoms with E-state index in [1.165, 1.54) is 0 Å². The second kappa shape index (κ2) is 6.44. The molecule has 2 rings (SSSR count). The monoisotopic (exact) mass is 313 g/mol. The number of nitrogens with zero attached hydrogens (tertiary/aromatic N) is 1. The molecule has 0 amide bonds. The van der Waals surface area contributed by atoms with Crippen LogP contribution in [0.4, 0.5) is 5.69 Å². The number of rotatable bonds is 5. The Morgan fingerprint density at radius 2 is 2.00 bits per heavy atom. The van der Waals surface area contributed by atoms with Crippen LogP contribution in [-0.4, -0.2) is 44.9 Å². The topological polar surface area (TPSA) is 83.9 Å². The summed E-state index contributed by atoms with van der Waals surface area (Å²) in [6.07, 6.45) is 3.95. The van der Waals surface area contributed by atoms with Crippen molar-refractivity contribution in [2.75, 3.05) is 24.3 Å². The van der Waals surface area contributed by atoms with Gasteiger partial charge in [-0.15, -0.1) is 0 Å². The zero-order chi connectivity index (χ0) is 15.5. The van der Waals surface area contributed by atoms with Gasteiger partial charge in [0.15, 0.2) is 0 Å². The Morgan fingerprint density at radius 1 is 1.33 bits per heavy atom. The van der Waals surface area contributed by atoms with E-state index in [0.29, 0.717) is 0 Å². The van der Waals surface area contributed by atoms with Gasteiger partial charge in [-0.05, 0) is 43.5 Å². The van der Waals surface area contributed by atoms with Crippen molar-refractivity contribution in [2.24, 2.45) is 0 Å². The molecule has 1 aromatic rings. The molecular formula is C14H19NO5S. The molecule has 0 radical (unpaired) electrons. The van der Waals surface area contributed by atoms with Crippen LogP contribution in [0.25, 0.3) is 0 Å². The maximum atomic E-state index is 11.1. The van der Waals surface area contributed by atoms with Gasteiger partial charge in [-0.25, -0.2) is 4.79 Å². The first kappa shape index (κ1) is 15.8. The molecule has 0 bridgehead atoms. The second-order valence-corrected chi connectivity index (χ2v) is 6.83. The first-order valence-electron chi connectivity index (χ1n) is 6.81. The summed E-state index contributed by atoms with van der Waals surface area (Å²) in [7, 11) is -3.45. The van der Waals surface area contributed by atoms with Gasteiger partial charge in [0.2, 0.25) is 0 Å². The van der Waals surface area contributed by atoms with Crippen LogP contribution < -0.4 is 4.90 Å². The zero-order valence-corrected chi connectivity index (χ0v) is 12.7. The fraction of sp³-hybridized carbons (Fsp3) is 0.500. The Morgan fingerprint density at radius 3 is 2.57 bits per heavy atom. The summed E-state index contributed by atoms with van der Waals surface area (Å²) in [5.41, 5.74) is 1.13. The van der Waals surface area contributed by atoms with Crippen molar-refractivity contribution in [3.63, 3.8) is 0 Å². The minimum absolute atomic E-state index is 0.0100. The Bertz CT molecular complexity index is 596. The van der Waals surface area contributed by atoms with Crippen LogP contribution in [0.2, 0.25) is 0 Å². The molecule has 116 valence electrons. The van der Waals surface area contributed by atoms with Crippen LogP contribution >= 0.6 is 0 Å². The van der Waals surface area contributed by atoms with Gasteiger partial charge in [0.25, 0.3) is 10.1 Å². The summed E-state index contributed by atoms with van der Waals surface area (Å²) in [5.74, 6) is -0.961. The molecule has 0 aliphatic carbocycles. The van der Waals surface area contributed by atoms with Crippen molar-refractivity contribution < 1.29 is 22.5 Å².